The number of rotatable bonds is 6. The minimum atomic E-state index is -0.0761. The van der Waals surface area contributed by atoms with Crippen LogP contribution in [-0.2, 0) is 4.74 Å². The summed E-state index contributed by atoms with van der Waals surface area (Å²) in [5.74, 6) is 0. The maximum atomic E-state index is 11.8. The molecule has 0 aromatic heterocycles. The summed E-state index contributed by atoms with van der Waals surface area (Å²) in [6.07, 6.45) is 7.64. The topological polar surface area (TPSA) is 53.6 Å². The van der Waals surface area contributed by atoms with Crippen molar-refractivity contribution in [1.29, 1.82) is 0 Å². The zero-order chi connectivity index (χ0) is 14.4. The second kappa shape index (κ2) is 7.84. The number of carbonyl (C=O) groups is 1. The van der Waals surface area contributed by atoms with Crippen LogP contribution >= 0.6 is 0 Å². The fourth-order valence-electron chi connectivity index (χ4n) is 3.22. The first-order valence-corrected chi connectivity index (χ1v) is 8.03. The number of nitrogens with zero attached hydrogens (tertiary/aromatic N) is 1. The molecule has 2 fully saturated rings. The number of urea groups is 1. The normalized spacial score (nSPS) is 25.1. The van der Waals surface area contributed by atoms with Gasteiger partial charge in [0.05, 0.1) is 12.1 Å². The molecule has 2 unspecified atom stereocenters. The van der Waals surface area contributed by atoms with Gasteiger partial charge in [-0.25, -0.2) is 4.79 Å². The molecule has 2 rings (SSSR count). The van der Waals surface area contributed by atoms with E-state index in [4.69, 9.17) is 4.74 Å². The van der Waals surface area contributed by atoms with Gasteiger partial charge in [-0.1, -0.05) is 12.8 Å². The van der Waals surface area contributed by atoms with Gasteiger partial charge in [0.1, 0.15) is 0 Å². The molecule has 2 aliphatic rings. The highest BCUT2D eigenvalue weighted by Gasteiger charge is 2.23. The van der Waals surface area contributed by atoms with E-state index in [0.717, 1.165) is 26.0 Å². The molecule has 2 amide bonds. The molecule has 0 radical (unpaired) electrons. The lowest BCUT2D eigenvalue weighted by atomic mass is 10.1. The second-order valence-electron chi connectivity index (χ2n) is 6.16. The lowest BCUT2D eigenvalue weighted by Crippen LogP contribution is -2.47. The Morgan fingerprint density at radius 1 is 1.30 bits per heavy atom. The number of carbonyl (C=O) groups excluding carboxylic acids is 1. The SMILES string of the molecule is CC(NC(=O)NCCN(C)C1CCCC1)C1CCCO1. The van der Waals surface area contributed by atoms with E-state index in [-0.39, 0.29) is 18.2 Å². The monoisotopic (exact) mass is 283 g/mol. The Balaban J connectivity index is 1.57. The average molecular weight is 283 g/mol. The quantitative estimate of drug-likeness (QED) is 0.780. The smallest absolute Gasteiger partial charge is 0.315 e. The summed E-state index contributed by atoms with van der Waals surface area (Å²) in [6, 6.07) is 0.726. The number of amides is 2. The van der Waals surface area contributed by atoms with E-state index in [1.807, 2.05) is 6.92 Å². The lowest BCUT2D eigenvalue weighted by Gasteiger charge is -2.24. The van der Waals surface area contributed by atoms with Crippen molar-refractivity contribution in [2.75, 3.05) is 26.7 Å². The Bertz CT molecular complexity index is 299. The third kappa shape index (κ3) is 4.63. The molecule has 116 valence electrons. The second-order valence-corrected chi connectivity index (χ2v) is 6.16. The van der Waals surface area contributed by atoms with Crippen LogP contribution in [0.2, 0.25) is 0 Å². The number of nitrogens with one attached hydrogen (secondary N) is 2. The molecular formula is C15H29N3O2. The van der Waals surface area contributed by atoms with Crippen LogP contribution in [0.1, 0.15) is 45.4 Å². The van der Waals surface area contributed by atoms with Gasteiger partial charge in [0.2, 0.25) is 0 Å². The van der Waals surface area contributed by atoms with Crippen LogP contribution in [0.3, 0.4) is 0 Å². The summed E-state index contributed by atoms with van der Waals surface area (Å²) < 4.78 is 5.58. The molecule has 5 nitrogen and oxygen atoms in total. The van der Waals surface area contributed by atoms with Crippen molar-refractivity contribution < 1.29 is 9.53 Å². The van der Waals surface area contributed by atoms with Gasteiger partial charge in [-0.2, -0.15) is 0 Å². The maximum absolute atomic E-state index is 11.8. The van der Waals surface area contributed by atoms with E-state index in [1.54, 1.807) is 0 Å². The largest absolute Gasteiger partial charge is 0.376 e. The number of hydrogen-bond donors (Lipinski definition) is 2. The number of likely N-dealkylation sites (N-methyl/N-ethyl adjacent to an activating group) is 1. The van der Waals surface area contributed by atoms with E-state index >= 15 is 0 Å². The highest BCUT2D eigenvalue weighted by atomic mass is 16.5. The van der Waals surface area contributed by atoms with E-state index in [9.17, 15) is 4.79 Å². The fraction of sp³-hybridized carbons (Fsp3) is 0.933. The van der Waals surface area contributed by atoms with E-state index < -0.39 is 0 Å². The molecule has 0 aromatic carbocycles. The van der Waals surface area contributed by atoms with Crippen LogP contribution in [0.4, 0.5) is 4.79 Å². The predicted molar refractivity (Wildman–Crippen MR) is 79.9 cm³/mol. The molecule has 20 heavy (non-hydrogen) atoms. The summed E-state index contributed by atoms with van der Waals surface area (Å²) >= 11 is 0. The predicted octanol–water partition coefficient (Wildman–Crippen LogP) is 1.73. The highest BCUT2D eigenvalue weighted by Crippen LogP contribution is 2.21. The van der Waals surface area contributed by atoms with Crippen molar-refractivity contribution in [2.45, 2.75) is 63.6 Å². The molecule has 2 N–H and O–H groups in total. The average Bonchev–Trinajstić information content (AvgIpc) is 3.12. The van der Waals surface area contributed by atoms with Crippen molar-refractivity contribution in [3.63, 3.8) is 0 Å². The van der Waals surface area contributed by atoms with E-state index in [2.05, 4.69) is 22.6 Å². The van der Waals surface area contributed by atoms with Crippen LogP contribution in [0.5, 0.6) is 0 Å². The van der Waals surface area contributed by atoms with Crippen molar-refractivity contribution >= 4 is 6.03 Å². The zero-order valence-corrected chi connectivity index (χ0v) is 12.9. The van der Waals surface area contributed by atoms with Gasteiger partial charge in [-0.3, -0.25) is 0 Å². The van der Waals surface area contributed by atoms with Gasteiger partial charge in [-0.05, 0) is 39.7 Å². The molecule has 0 spiro atoms. The minimum absolute atomic E-state index is 0.0761. The minimum Gasteiger partial charge on any atom is -0.376 e. The van der Waals surface area contributed by atoms with Crippen LogP contribution in [0.15, 0.2) is 0 Å². The first-order valence-electron chi connectivity index (χ1n) is 8.03. The molecule has 5 heteroatoms. The Hall–Kier alpha value is -0.810. The molecule has 1 saturated heterocycles. The summed E-state index contributed by atoms with van der Waals surface area (Å²) in [5, 5.41) is 5.92. The van der Waals surface area contributed by atoms with Crippen LogP contribution in [-0.4, -0.2) is 55.9 Å². The molecular weight excluding hydrogens is 254 g/mol. The molecule has 0 bridgehead atoms. The zero-order valence-electron chi connectivity index (χ0n) is 12.9. The molecule has 1 saturated carbocycles. The summed E-state index contributed by atoms with van der Waals surface area (Å²) in [6.45, 7) is 4.47. The maximum Gasteiger partial charge on any atom is 0.315 e. The van der Waals surface area contributed by atoms with E-state index in [0.29, 0.717) is 12.6 Å². The van der Waals surface area contributed by atoms with Crippen molar-refractivity contribution in [3.8, 4) is 0 Å². The van der Waals surface area contributed by atoms with Gasteiger partial charge in [0.15, 0.2) is 0 Å². The Morgan fingerprint density at radius 3 is 2.70 bits per heavy atom. The number of hydrogen-bond acceptors (Lipinski definition) is 3. The van der Waals surface area contributed by atoms with Gasteiger partial charge in [0, 0.05) is 25.7 Å². The third-order valence-electron chi connectivity index (χ3n) is 4.58. The summed E-state index contributed by atoms with van der Waals surface area (Å²) in [7, 11) is 2.16. The Labute approximate surface area is 122 Å². The van der Waals surface area contributed by atoms with Crippen molar-refractivity contribution in [3.05, 3.63) is 0 Å². The van der Waals surface area contributed by atoms with Gasteiger partial charge < -0.3 is 20.3 Å². The van der Waals surface area contributed by atoms with Crippen molar-refractivity contribution in [2.24, 2.45) is 0 Å². The van der Waals surface area contributed by atoms with Gasteiger partial charge >= 0.3 is 6.03 Å². The van der Waals surface area contributed by atoms with Crippen LogP contribution < -0.4 is 10.6 Å². The first-order chi connectivity index (χ1) is 9.66. The molecule has 1 heterocycles. The van der Waals surface area contributed by atoms with Crippen molar-refractivity contribution in [1.82, 2.24) is 15.5 Å². The molecule has 0 aromatic rings. The van der Waals surface area contributed by atoms with Gasteiger partial charge in [0.25, 0.3) is 0 Å². The number of ether oxygens (including phenoxy) is 1. The Kier molecular flexibility index (Phi) is 6.10. The van der Waals surface area contributed by atoms with Crippen LogP contribution in [0, 0.1) is 0 Å². The lowest BCUT2D eigenvalue weighted by molar-refractivity contribution is 0.0860. The molecule has 2 atom stereocenters. The summed E-state index contributed by atoms with van der Waals surface area (Å²) in [4.78, 5) is 14.2. The molecule has 1 aliphatic heterocycles. The summed E-state index contributed by atoms with van der Waals surface area (Å²) in [5.41, 5.74) is 0. The highest BCUT2D eigenvalue weighted by molar-refractivity contribution is 5.74. The fourth-order valence-corrected chi connectivity index (χ4v) is 3.22. The molecule has 1 aliphatic carbocycles. The third-order valence-corrected chi connectivity index (χ3v) is 4.58. The first kappa shape index (κ1) is 15.6. The van der Waals surface area contributed by atoms with E-state index in [1.165, 1.54) is 25.7 Å². The Morgan fingerprint density at radius 2 is 2.05 bits per heavy atom. The standard InChI is InChI=1S/C15H29N3O2/c1-12(14-8-5-11-20-14)17-15(19)16-9-10-18(2)13-6-3-4-7-13/h12-14H,3-11H2,1-2H3,(H2,16,17,19). The van der Waals surface area contributed by atoms with Gasteiger partial charge in [-0.15, -0.1) is 0 Å². The van der Waals surface area contributed by atoms with Crippen LogP contribution in [0.25, 0.3) is 0 Å².